The van der Waals surface area contributed by atoms with Crippen molar-refractivity contribution in [2.45, 2.75) is 63.9 Å². The molecule has 1 saturated carbocycles. The number of methoxy groups -OCH3 is 1. The molecule has 0 atom stereocenters. The summed E-state index contributed by atoms with van der Waals surface area (Å²) in [5.74, 6) is 0.901. The average molecular weight is 362 g/mol. The smallest absolute Gasteiger partial charge is 0.119 e. The van der Waals surface area contributed by atoms with E-state index < -0.39 is 5.60 Å². The van der Waals surface area contributed by atoms with Gasteiger partial charge in [0, 0.05) is 25.9 Å². The standard InChI is InChI=1S/C22H35NO3/c1-3-4-9-22(24)12-10-21(11-13-22)14-15-23(18-21)19-5-7-20(8-6-19)26-17-16-25-2/h5-8,24H,3-4,9-18H2,1-2H3/t21-,22-. The summed E-state index contributed by atoms with van der Waals surface area (Å²) in [6, 6.07) is 8.45. The van der Waals surface area contributed by atoms with E-state index in [1.54, 1.807) is 7.11 Å². The first-order valence-corrected chi connectivity index (χ1v) is 10.3. The second-order valence-corrected chi connectivity index (χ2v) is 8.33. The second kappa shape index (κ2) is 8.62. The molecule has 26 heavy (non-hydrogen) atoms. The molecule has 1 saturated heterocycles. The molecule has 1 aliphatic heterocycles. The Labute approximate surface area is 158 Å². The van der Waals surface area contributed by atoms with E-state index in [0.717, 1.165) is 44.5 Å². The van der Waals surface area contributed by atoms with Gasteiger partial charge < -0.3 is 19.5 Å². The van der Waals surface area contributed by atoms with Gasteiger partial charge >= 0.3 is 0 Å². The SMILES string of the molecule is CCCC[C@]1(O)CC[C@@]2(CCN(c3ccc(OCCOC)cc3)C2)CC1. The minimum atomic E-state index is -0.393. The maximum Gasteiger partial charge on any atom is 0.119 e. The van der Waals surface area contributed by atoms with Gasteiger partial charge in [-0.25, -0.2) is 0 Å². The third kappa shape index (κ3) is 4.72. The predicted molar refractivity (Wildman–Crippen MR) is 106 cm³/mol. The summed E-state index contributed by atoms with van der Waals surface area (Å²) in [4.78, 5) is 2.51. The molecule has 1 aliphatic carbocycles. The van der Waals surface area contributed by atoms with Gasteiger partial charge in [0.2, 0.25) is 0 Å². The van der Waals surface area contributed by atoms with Crippen LogP contribution in [0.15, 0.2) is 24.3 Å². The van der Waals surface area contributed by atoms with Crippen molar-refractivity contribution < 1.29 is 14.6 Å². The number of nitrogens with zero attached hydrogens (tertiary/aromatic N) is 1. The Bertz CT molecular complexity index is 549. The lowest BCUT2D eigenvalue weighted by molar-refractivity contribution is -0.0366. The van der Waals surface area contributed by atoms with E-state index in [1.165, 1.54) is 31.4 Å². The summed E-state index contributed by atoms with van der Waals surface area (Å²) in [5, 5.41) is 10.8. The van der Waals surface area contributed by atoms with Gasteiger partial charge in [0.15, 0.2) is 0 Å². The highest BCUT2D eigenvalue weighted by Crippen LogP contribution is 2.48. The second-order valence-electron chi connectivity index (χ2n) is 8.33. The number of hydrogen-bond acceptors (Lipinski definition) is 4. The van der Waals surface area contributed by atoms with Crippen molar-refractivity contribution in [3.05, 3.63) is 24.3 Å². The van der Waals surface area contributed by atoms with Crippen LogP contribution in [-0.2, 0) is 4.74 Å². The zero-order valence-corrected chi connectivity index (χ0v) is 16.5. The molecule has 0 radical (unpaired) electrons. The fourth-order valence-corrected chi connectivity index (χ4v) is 4.56. The molecule has 2 aliphatic rings. The summed E-state index contributed by atoms with van der Waals surface area (Å²) in [7, 11) is 1.69. The van der Waals surface area contributed by atoms with Crippen LogP contribution in [0, 0.1) is 5.41 Å². The lowest BCUT2D eigenvalue weighted by Crippen LogP contribution is -2.40. The Morgan fingerprint density at radius 2 is 1.77 bits per heavy atom. The van der Waals surface area contributed by atoms with Gasteiger partial charge in [-0.1, -0.05) is 19.8 Å². The number of benzene rings is 1. The molecule has 0 unspecified atom stereocenters. The van der Waals surface area contributed by atoms with Gasteiger partial charge in [0.05, 0.1) is 12.2 Å². The third-order valence-corrected chi connectivity index (χ3v) is 6.43. The van der Waals surface area contributed by atoms with Crippen LogP contribution in [0.1, 0.15) is 58.3 Å². The van der Waals surface area contributed by atoms with Crippen molar-refractivity contribution >= 4 is 5.69 Å². The number of rotatable bonds is 8. The van der Waals surface area contributed by atoms with Gasteiger partial charge in [0.25, 0.3) is 0 Å². The lowest BCUT2D eigenvalue weighted by atomic mass is 9.67. The molecular formula is C22H35NO3. The van der Waals surface area contributed by atoms with Crippen LogP contribution < -0.4 is 9.64 Å². The molecule has 3 rings (SSSR count). The van der Waals surface area contributed by atoms with E-state index in [9.17, 15) is 5.11 Å². The quantitative estimate of drug-likeness (QED) is 0.697. The fraction of sp³-hybridized carbons (Fsp3) is 0.727. The Balaban J connectivity index is 1.52. The normalized spacial score (nSPS) is 28.7. The van der Waals surface area contributed by atoms with Crippen molar-refractivity contribution in [3.8, 4) is 5.75 Å². The van der Waals surface area contributed by atoms with Crippen molar-refractivity contribution in [3.63, 3.8) is 0 Å². The molecule has 0 aromatic heterocycles. The fourth-order valence-electron chi connectivity index (χ4n) is 4.56. The van der Waals surface area contributed by atoms with Crippen molar-refractivity contribution in [2.75, 3.05) is 38.3 Å². The highest BCUT2D eigenvalue weighted by molar-refractivity contribution is 5.50. The molecule has 0 amide bonds. The van der Waals surface area contributed by atoms with E-state index in [0.29, 0.717) is 18.6 Å². The van der Waals surface area contributed by atoms with Crippen LogP contribution >= 0.6 is 0 Å². The topological polar surface area (TPSA) is 41.9 Å². The summed E-state index contributed by atoms with van der Waals surface area (Å²) in [6.45, 7) is 5.65. The van der Waals surface area contributed by atoms with E-state index >= 15 is 0 Å². The third-order valence-electron chi connectivity index (χ3n) is 6.43. The van der Waals surface area contributed by atoms with Crippen molar-refractivity contribution in [1.82, 2.24) is 0 Å². The number of unbranched alkanes of at least 4 members (excludes halogenated alkanes) is 1. The zero-order chi connectivity index (χ0) is 18.5. The minimum Gasteiger partial charge on any atom is -0.491 e. The predicted octanol–water partition coefficient (Wildman–Crippen LogP) is 4.40. The zero-order valence-electron chi connectivity index (χ0n) is 16.5. The molecule has 4 nitrogen and oxygen atoms in total. The van der Waals surface area contributed by atoms with E-state index in [2.05, 4.69) is 36.1 Å². The molecule has 0 bridgehead atoms. The molecule has 1 heterocycles. The largest absolute Gasteiger partial charge is 0.491 e. The van der Waals surface area contributed by atoms with Crippen LogP contribution in [0.3, 0.4) is 0 Å². The molecular weight excluding hydrogens is 326 g/mol. The first kappa shape index (κ1) is 19.5. The molecule has 2 fully saturated rings. The highest BCUT2D eigenvalue weighted by atomic mass is 16.5. The van der Waals surface area contributed by atoms with E-state index in [-0.39, 0.29) is 0 Å². The van der Waals surface area contributed by atoms with Gasteiger partial charge in [-0.15, -0.1) is 0 Å². The first-order chi connectivity index (χ1) is 12.6. The molecule has 1 aromatic rings. The number of ether oxygens (including phenoxy) is 2. The Hall–Kier alpha value is -1.26. The Kier molecular flexibility index (Phi) is 6.46. The molecule has 1 aromatic carbocycles. The number of anilines is 1. The first-order valence-electron chi connectivity index (χ1n) is 10.3. The van der Waals surface area contributed by atoms with Crippen LogP contribution in [0.2, 0.25) is 0 Å². The van der Waals surface area contributed by atoms with Gasteiger partial charge in [-0.05, 0) is 68.2 Å². The van der Waals surface area contributed by atoms with E-state index in [4.69, 9.17) is 9.47 Å². The summed E-state index contributed by atoms with van der Waals surface area (Å²) in [5.41, 5.74) is 1.30. The molecule has 4 heteroatoms. The maximum atomic E-state index is 10.8. The summed E-state index contributed by atoms with van der Waals surface area (Å²) >= 11 is 0. The van der Waals surface area contributed by atoms with Gasteiger partial charge in [0.1, 0.15) is 12.4 Å². The molecule has 1 N–H and O–H groups in total. The lowest BCUT2D eigenvalue weighted by Gasteiger charge is -2.42. The Morgan fingerprint density at radius 3 is 2.42 bits per heavy atom. The summed E-state index contributed by atoms with van der Waals surface area (Å²) < 4.78 is 10.7. The summed E-state index contributed by atoms with van der Waals surface area (Å²) in [6.07, 6.45) is 8.85. The average Bonchev–Trinajstić information content (AvgIpc) is 3.08. The number of hydrogen-bond donors (Lipinski definition) is 1. The number of aliphatic hydroxyl groups is 1. The van der Waals surface area contributed by atoms with Crippen LogP contribution in [0.25, 0.3) is 0 Å². The van der Waals surface area contributed by atoms with E-state index in [1.807, 2.05) is 0 Å². The Morgan fingerprint density at radius 1 is 1.04 bits per heavy atom. The van der Waals surface area contributed by atoms with Gasteiger partial charge in [-0.2, -0.15) is 0 Å². The van der Waals surface area contributed by atoms with Crippen LogP contribution in [0.4, 0.5) is 5.69 Å². The van der Waals surface area contributed by atoms with Crippen molar-refractivity contribution in [2.24, 2.45) is 5.41 Å². The van der Waals surface area contributed by atoms with Crippen LogP contribution in [0.5, 0.6) is 5.75 Å². The molecule has 1 spiro atoms. The highest BCUT2D eigenvalue weighted by Gasteiger charge is 2.45. The molecule has 146 valence electrons. The minimum absolute atomic E-state index is 0.393. The van der Waals surface area contributed by atoms with Crippen molar-refractivity contribution in [1.29, 1.82) is 0 Å². The monoisotopic (exact) mass is 361 g/mol. The van der Waals surface area contributed by atoms with Crippen LogP contribution in [-0.4, -0.2) is 44.1 Å². The maximum absolute atomic E-state index is 10.8. The van der Waals surface area contributed by atoms with Gasteiger partial charge in [-0.3, -0.25) is 0 Å².